The first-order chi connectivity index (χ1) is 10.1. The van der Waals surface area contributed by atoms with Gasteiger partial charge in [0.15, 0.2) is 0 Å². The molecule has 0 bridgehead atoms. The second kappa shape index (κ2) is 9.84. The average molecular weight is 297 g/mol. The van der Waals surface area contributed by atoms with Crippen LogP contribution < -0.4 is 5.32 Å². The summed E-state index contributed by atoms with van der Waals surface area (Å²) in [5, 5.41) is 3.73. The molecular weight excluding hydrogens is 256 g/mol. The Bertz CT molecular complexity index is 252. The van der Waals surface area contributed by atoms with Gasteiger partial charge >= 0.3 is 0 Å². The Morgan fingerprint density at radius 3 is 2.14 bits per heavy atom. The summed E-state index contributed by atoms with van der Waals surface area (Å²) in [4.78, 5) is 2.79. The maximum Gasteiger partial charge on any atom is 0.00953 e. The van der Waals surface area contributed by atoms with Gasteiger partial charge in [0.05, 0.1) is 0 Å². The van der Waals surface area contributed by atoms with E-state index in [0.717, 1.165) is 18.5 Å². The van der Waals surface area contributed by atoms with Crippen LogP contribution in [0.2, 0.25) is 0 Å². The molecule has 0 saturated heterocycles. The number of hydrogen-bond acceptors (Lipinski definition) is 2. The van der Waals surface area contributed by atoms with Crippen LogP contribution in [0.4, 0.5) is 0 Å². The van der Waals surface area contributed by atoms with Gasteiger partial charge in [0.1, 0.15) is 0 Å². The summed E-state index contributed by atoms with van der Waals surface area (Å²) in [7, 11) is 0. The van der Waals surface area contributed by atoms with E-state index in [9.17, 15) is 0 Å². The number of hydrogen-bond donors (Lipinski definition) is 1. The molecular formula is C19H40N2. The number of nitrogens with one attached hydrogen (secondary N) is 1. The Hall–Kier alpha value is -0.0800. The third kappa shape index (κ3) is 6.28. The Labute approximate surface area is 134 Å². The Kier molecular flexibility index (Phi) is 8.89. The van der Waals surface area contributed by atoms with Gasteiger partial charge in [-0.25, -0.2) is 0 Å². The highest BCUT2D eigenvalue weighted by atomic mass is 15.2. The Balaban J connectivity index is 2.60. The maximum absolute atomic E-state index is 3.73. The fourth-order valence-corrected chi connectivity index (χ4v) is 3.78. The third-order valence-corrected chi connectivity index (χ3v) is 5.59. The first-order valence-electron chi connectivity index (χ1n) is 9.51. The van der Waals surface area contributed by atoms with Crippen LogP contribution in [0, 0.1) is 11.3 Å². The van der Waals surface area contributed by atoms with Gasteiger partial charge in [-0.2, -0.15) is 0 Å². The van der Waals surface area contributed by atoms with Crippen molar-refractivity contribution in [2.24, 2.45) is 11.3 Å². The first kappa shape index (κ1) is 19.0. The standard InChI is InChI=1S/C19H40N2/c1-6-19(7-2,15-20-14-17(4)5)16-21(8-3)18-12-10-9-11-13-18/h17-18,20H,6-16H2,1-5H3. The molecule has 0 aromatic rings. The van der Waals surface area contributed by atoms with E-state index in [-0.39, 0.29) is 0 Å². The van der Waals surface area contributed by atoms with Crippen LogP contribution in [0.15, 0.2) is 0 Å². The first-order valence-corrected chi connectivity index (χ1v) is 9.51. The summed E-state index contributed by atoms with van der Waals surface area (Å²) in [6.07, 6.45) is 9.77. The molecule has 0 radical (unpaired) electrons. The van der Waals surface area contributed by atoms with Crippen LogP contribution in [0.1, 0.15) is 79.6 Å². The molecule has 1 saturated carbocycles. The molecule has 0 heterocycles. The SMILES string of the molecule is CCN(CC(CC)(CC)CNCC(C)C)C1CCCCC1. The molecule has 1 fully saturated rings. The van der Waals surface area contributed by atoms with Crippen molar-refractivity contribution in [1.82, 2.24) is 10.2 Å². The summed E-state index contributed by atoms with van der Waals surface area (Å²) in [6.45, 7) is 16.6. The van der Waals surface area contributed by atoms with Crippen molar-refractivity contribution in [2.75, 3.05) is 26.2 Å². The molecule has 0 aliphatic heterocycles. The minimum absolute atomic E-state index is 0.461. The predicted octanol–water partition coefficient (Wildman–Crippen LogP) is 4.69. The fourth-order valence-electron chi connectivity index (χ4n) is 3.78. The van der Waals surface area contributed by atoms with Crippen molar-refractivity contribution in [3.63, 3.8) is 0 Å². The zero-order chi connectivity index (χ0) is 15.7. The summed E-state index contributed by atoms with van der Waals surface area (Å²) >= 11 is 0. The highest BCUT2D eigenvalue weighted by molar-refractivity contribution is 4.86. The molecule has 1 N–H and O–H groups in total. The van der Waals surface area contributed by atoms with Crippen molar-refractivity contribution >= 4 is 0 Å². The summed E-state index contributed by atoms with van der Waals surface area (Å²) < 4.78 is 0. The highest BCUT2D eigenvalue weighted by Gasteiger charge is 2.31. The second-order valence-corrected chi connectivity index (χ2v) is 7.59. The van der Waals surface area contributed by atoms with E-state index >= 15 is 0 Å². The van der Waals surface area contributed by atoms with Crippen molar-refractivity contribution < 1.29 is 0 Å². The summed E-state index contributed by atoms with van der Waals surface area (Å²) in [6, 6.07) is 0.853. The van der Waals surface area contributed by atoms with E-state index in [4.69, 9.17) is 0 Å². The van der Waals surface area contributed by atoms with Crippen LogP contribution >= 0.6 is 0 Å². The molecule has 0 aromatic carbocycles. The Morgan fingerprint density at radius 1 is 1.05 bits per heavy atom. The van der Waals surface area contributed by atoms with E-state index < -0.39 is 0 Å². The molecule has 0 aromatic heterocycles. The minimum atomic E-state index is 0.461. The van der Waals surface area contributed by atoms with Gasteiger partial charge < -0.3 is 10.2 Å². The zero-order valence-corrected chi connectivity index (χ0v) is 15.4. The molecule has 1 aliphatic carbocycles. The van der Waals surface area contributed by atoms with E-state index in [1.165, 1.54) is 64.6 Å². The average Bonchev–Trinajstić information content (AvgIpc) is 2.51. The smallest absolute Gasteiger partial charge is 0.00953 e. The van der Waals surface area contributed by atoms with Crippen LogP contribution in [-0.4, -0.2) is 37.1 Å². The van der Waals surface area contributed by atoms with Gasteiger partial charge in [0.25, 0.3) is 0 Å². The van der Waals surface area contributed by atoms with Gasteiger partial charge in [-0.05, 0) is 50.1 Å². The molecule has 21 heavy (non-hydrogen) atoms. The summed E-state index contributed by atoms with van der Waals surface area (Å²) in [5.74, 6) is 0.747. The van der Waals surface area contributed by atoms with E-state index in [1.54, 1.807) is 0 Å². The van der Waals surface area contributed by atoms with E-state index in [0.29, 0.717) is 5.41 Å². The lowest BCUT2D eigenvalue weighted by atomic mass is 9.80. The van der Waals surface area contributed by atoms with Crippen molar-refractivity contribution in [1.29, 1.82) is 0 Å². The minimum Gasteiger partial charge on any atom is -0.316 e. The van der Waals surface area contributed by atoms with Crippen LogP contribution in [-0.2, 0) is 0 Å². The van der Waals surface area contributed by atoms with Gasteiger partial charge in [-0.3, -0.25) is 0 Å². The van der Waals surface area contributed by atoms with Crippen molar-refractivity contribution in [3.8, 4) is 0 Å². The molecule has 1 aliphatic rings. The zero-order valence-electron chi connectivity index (χ0n) is 15.4. The number of nitrogens with zero attached hydrogens (tertiary/aromatic N) is 1. The van der Waals surface area contributed by atoms with Gasteiger partial charge in [-0.15, -0.1) is 0 Å². The number of rotatable bonds is 10. The van der Waals surface area contributed by atoms with Gasteiger partial charge in [0, 0.05) is 19.1 Å². The molecule has 0 unspecified atom stereocenters. The lowest BCUT2D eigenvalue weighted by Gasteiger charge is -2.42. The molecule has 0 amide bonds. The maximum atomic E-state index is 3.73. The van der Waals surface area contributed by atoms with E-state index in [2.05, 4.69) is 44.8 Å². The lowest BCUT2D eigenvalue weighted by molar-refractivity contribution is 0.0840. The van der Waals surface area contributed by atoms with Crippen LogP contribution in [0.5, 0.6) is 0 Å². The molecule has 0 atom stereocenters. The quantitative estimate of drug-likeness (QED) is 0.629. The molecule has 2 heteroatoms. The van der Waals surface area contributed by atoms with E-state index in [1.807, 2.05) is 0 Å². The monoisotopic (exact) mass is 296 g/mol. The summed E-state index contributed by atoms with van der Waals surface area (Å²) in [5.41, 5.74) is 0.461. The van der Waals surface area contributed by atoms with Crippen LogP contribution in [0.3, 0.4) is 0 Å². The molecule has 2 nitrogen and oxygen atoms in total. The normalized spacial score (nSPS) is 17.9. The topological polar surface area (TPSA) is 15.3 Å². The van der Waals surface area contributed by atoms with Crippen molar-refractivity contribution in [2.45, 2.75) is 85.6 Å². The molecule has 0 spiro atoms. The van der Waals surface area contributed by atoms with Crippen LogP contribution in [0.25, 0.3) is 0 Å². The van der Waals surface area contributed by atoms with Gasteiger partial charge in [0.2, 0.25) is 0 Å². The largest absolute Gasteiger partial charge is 0.316 e. The Morgan fingerprint density at radius 2 is 1.67 bits per heavy atom. The van der Waals surface area contributed by atoms with Gasteiger partial charge in [-0.1, -0.05) is 53.9 Å². The van der Waals surface area contributed by atoms with Crippen molar-refractivity contribution in [3.05, 3.63) is 0 Å². The molecule has 1 rings (SSSR count). The highest BCUT2D eigenvalue weighted by Crippen LogP contribution is 2.30. The fraction of sp³-hybridized carbons (Fsp3) is 1.00. The third-order valence-electron chi connectivity index (χ3n) is 5.59. The molecule has 126 valence electrons. The second-order valence-electron chi connectivity index (χ2n) is 7.59. The predicted molar refractivity (Wildman–Crippen MR) is 94.8 cm³/mol. The lowest BCUT2D eigenvalue weighted by Crippen LogP contribution is -2.48.